The summed E-state index contributed by atoms with van der Waals surface area (Å²) in [6, 6.07) is 0.224. The molecule has 0 aromatic carbocycles. The van der Waals surface area contributed by atoms with Crippen molar-refractivity contribution in [3.8, 4) is 0 Å². The van der Waals surface area contributed by atoms with Crippen molar-refractivity contribution in [1.82, 2.24) is 10.3 Å². The summed E-state index contributed by atoms with van der Waals surface area (Å²) < 4.78 is 5.44. The molecular formula is C11H17N3O2S. The van der Waals surface area contributed by atoms with E-state index in [1.54, 1.807) is 5.38 Å². The highest BCUT2D eigenvalue weighted by Crippen LogP contribution is 2.23. The van der Waals surface area contributed by atoms with Crippen LogP contribution in [0.4, 0.5) is 0 Å². The maximum Gasteiger partial charge on any atom is 0.270 e. The Morgan fingerprint density at radius 1 is 1.71 bits per heavy atom. The number of amides is 1. The van der Waals surface area contributed by atoms with Crippen LogP contribution in [0.2, 0.25) is 0 Å². The van der Waals surface area contributed by atoms with Gasteiger partial charge in [0.1, 0.15) is 10.7 Å². The van der Waals surface area contributed by atoms with Crippen LogP contribution in [0.5, 0.6) is 0 Å². The fourth-order valence-electron chi connectivity index (χ4n) is 1.82. The molecule has 1 aromatic rings. The molecule has 1 aromatic heterocycles. The van der Waals surface area contributed by atoms with Crippen LogP contribution in [0.25, 0.3) is 0 Å². The van der Waals surface area contributed by atoms with Crippen molar-refractivity contribution in [2.45, 2.75) is 38.5 Å². The van der Waals surface area contributed by atoms with Gasteiger partial charge in [-0.2, -0.15) is 0 Å². The summed E-state index contributed by atoms with van der Waals surface area (Å²) in [5, 5.41) is 5.48. The van der Waals surface area contributed by atoms with Crippen molar-refractivity contribution in [2.75, 3.05) is 6.61 Å². The molecule has 0 bridgehead atoms. The molecule has 1 amide bonds. The molecule has 17 heavy (non-hydrogen) atoms. The van der Waals surface area contributed by atoms with Gasteiger partial charge >= 0.3 is 0 Å². The summed E-state index contributed by atoms with van der Waals surface area (Å²) in [6.07, 6.45) is 2.10. The number of rotatable bonds is 5. The minimum atomic E-state index is -0.110. The van der Waals surface area contributed by atoms with Crippen LogP contribution in [0.1, 0.15) is 35.3 Å². The highest BCUT2D eigenvalue weighted by molar-refractivity contribution is 7.09. The van der Waals surface area contributed by atoms with E-state index in [1.165, 1.54) is 11.3 Å². The zero-order valence-electron chi connectivity index (χ0n) is 9.81. The third kappa shape index (κ3) is 3.02. The van der Waals surface area contributed by atoms with E-state index in [0.29, 0.717) is 18.3 Å². The van der Waals surface area contributed by atoms with E-state index in [0.717, 1.165) is 24.5 Å². The lowest BCUT2D eigenvalue weighted by Crippen LogP contribution is -2.47. The first kappa shape index (κ1) is 12.5. The molecule has 1 aliphatic carbocycles. The third-order valence-corrected chi connectivity index (χ3v) is 3.66. The van der Waals surface area contributed by atoms with Crippen LogP contribution in [-0.2, 0) is 11.3 Å². The molecule has 1 saturated carbocycles. The minimum absolute atomic E-state index is 0.110. The molecule has 0 spiro atoms. The van der Waals surface area contributed by atoms with Crippen LogP contribution in [0.3, 0.4) is 0 Å². The van der Waals surface area contributed by atoms with Gasteiger partial charge in [0.2, 0.25) is 0 Å². The molecule has 3 N–H and O–H groups in total. The topological polar surface area (TPSA) is 77.2 Å². The number of thiazole rings is 1. The van der Waals surface area contributed by atoms with Crippen molar-refractivity contribution in [2.24, 2.45) is 5.73 Å². The number of nitrogens with zero attached hydrogens (tertiary/aromatic N) is 1. The molecule has 0 unspecified atom stereocenters. The molecule has 1 heterocycles. The van der Waals surface area contributed by atoms with E-state index in [-0.39, 0.29) is 11.9 Å². The van der Waals surface area contributed by atoms with Crippen molar-refractivity contribution in [3.05, 3.63) is 16.1 Å². The van der Waals surface area contributed by atoms with Gasteiger partial charge in [-0.05, 0) is 19.8 Å². The molecular weight excluding hydrogens is 238 g/mol. The minimum Gasteiger partial charge on any atom is -0.378 e. The highest BCUT2D eigenvalue weighted by atomic mass is 32.1. The first-order chi connectivity index (χ1) is 8.22. The summed E-state index contributed by atoms with van der Waals surface area (Å²) in [7, 11) is 0. The molecule has 0 aliphatic heterocycles. The zero-order chi connectivity index (χ0) is 12.3. The van der Waals surface area contributed by atoms with Gasteiger partial charge < -0.3 is 15.8 Å². The Hall–Kier alpha value is -0.980. The van der Waals surface area contributed by atoms with Crippen molar-refractivity contribution in [1.29, 1.82) is 0 Å². The molecule has 0 radical (unpaired) electrons. The lowest BCUT2D eigenvalue weighted by atomic mass is 9.89. The number of carbonyl (C=O) groups excluding carboxylic acids is 1. The Kier molecular flexibility index (Phi) is 4.09. The van der Waals surface area contributed by atoms with Crippen molar-refractivity contribution >= 4 is 17.2 Å². The van der Waals surface area contributed by atoms with E-state index in [2.05, 4.69) is 10.3 Å². The van der Waals surface area contributed by atoms with Crippen molar-refractivity contribution < 1.29 is 9.53 Å². The van der Waals surface area contributed by atoms with E-state index in [1.807, 2.05) is 6.92 Å². The summed E-state index contributed by atoms with van der Waals surface area (Å²) in [5.74, 6) is -0.110. The molecule has 0 atom stereocenters. The van der Waals surface area contributed by atoms with Gasteiger partial charge in [-0.1, -0.05) is 0 Å². The SMILES string of the molecule is CCOC1CC(NC(=O)c2csc(CN)n2)C1. The van der Waals surface area contributed by atoms with Crippen LogP contribution >= 0.6 is 11.3 Å². The summed E-state index contributed by atoms with van der Waals surface area (Å²) in [4.78, 5) is 15.9. The van der Waals surface area contributed by atoms with Gasteiger partial charge in [-0.25, -0.2) is 4.98 Å². The lowest BCUT2D eigenvalue weighted by molar-refractivity contribution is -0.00866. The first-order valence-electron chi connectivity index (χ1n) is 5.79. The quantitative estimate of drug-likeness (QED) is 0.819. The Labute approximate surface area is 104 Å². The zero-order valence-corrected chi connectivity index (χ0v) is 10.6. The lowest BCUT2D eigenvalue weighted by Gasteiger charge is -2.35. The fourth-order valence-corrected chi connectivity index (χ4v) is 2.48. The highest BCUT2D eigenvalue weighted by Gasteiger charge is 2.31. The Balaban J connectivity index is 1.78. The largest absolute Gasteiger partial charge is 0.378 e. The number of aromatic nitrogens is 1. The number of ether oxygens (including phenoxy) is 1. The molecule has 2 rings (SSSR count). The summed E-state index contributed by atoms with van der Waals surface area (Å²) >= 11 is 1.42. The van der Waals surface area contributed by atoms with E-state index >= 15 is 0 Å². The molecule has 1 aliphatic rings. The van der Waals surface area contributed by atoms with Crippen LogP contribution < -0.4 is 11.1 Å². The Bertz CT molecular complexity index is 388. The van der Waals surface area contributed by atoms with Crippen molar-refractivity contribution in [3.63, 3.8) is 0 Å². The van der Waals surface area contributed by atoms with E-state index in [4.69, 9.17) is 10.5 Å². The van der Waals surface area contributed by atoms with Crippen LogP contribution in [0.15, 0.2) is 5.38 Å². The number of hydrogen-bond donors (Lipinski definition) is 2. The van der Waals surface area contributed by atoms with E-state index < -0.39 is 0 Å². The van der Waals surface area contributed by atoms with Gasteiger partial charge in [0, 0.05) is 24.6 Å². The Morgan fingerprint density at radius 2 is 2.47 bits per heavy atom. The van der Waals surface area contributed by atoms with Gasteiger partial charge in [0.15, 0.2) is 0 Å². The molecule has 0 saturated heterocycles. The van der Waals surface area contributed by atoms with Crippen LogP contribution in [-0.4, -0.2) is 29.6 Å². The monoisotopic (exact) mass is 255 g/mol. The fraction of sp³-hybridized carbons (Fsp3) is 0.636. The van der Waals surface area contributed by atoms with Gasteiger partial charge in [-0.15, -0.1) is 11.3 Å². The standard InChI is InChI=1S/C11H17N3O2S/c1-2-16-8-3-7(4-8)13-11(15)9-6-17-10(5-12)14-9/h6-8H,2-5,12H2,1H3,(H,13,15). The Morgan fingerprint density at radius 3 is 3.06 bits per heavy atom. The van der Waals surface area contributed by atoms with Gasteiger partial charge in [0.25, 0.3) is 5.91 Å². The third-order valence-electron chi connectivity index (χ3n) is 2.79. The molecule has 6 heteroatoms. The smallest absolute Gasteiger partial charge is 0.270 e. The maximum absolute atomic E-state index is 11.8. The average molecular weight is 255 g/mol. The summed E-state index contributed by atoms with van der Waals surface area (Å²) in [6.45, 7) is 3.10. The predicted molar refractivity (Wildman–Crippen MR) is 65.9 cm³/mol. The molecule has 1 fully saturated rings. The first-order valence-corrected chi connectivity index (χ1v) is 6.67. The second kappa shape index (κ2) is 5.57. The van der Waals surface area contributed by atoms with Crippen LogP contribution in [0, 0.1) is 0 Å². The second-order valence-corrected chi connectivity index (χ2v) is 4.99. The number of nitrogens with two attached hydrogens (primary N) is 1. The summed E-state index contributed by atoms with van der Waals surface area (Å²) in [5.41, 5.74) is 5.92. The molecule has 5 nitrogen and oxygen atoms in total. The van der Waals surface area contributed by atoms with Gasteiger partial charge in [-0.3, -0.25) is 4.79 Å². The second-order valence-electron chi connectivity index (χ2n) is 4.05. The van der Waals surface area contributed by atoms with E-state index in [9.17, 15) is 4.79 Å². The maximum atomic E-state index is 11.8. The number of nitrogens with one attached hydrogen (secondary N) is 1. The number of carbonyl (C=O) groups is 1. The molecule has 94 valence electrons. The average Bonchev–Trinajstić information content (AvgIpc) is 2.74. The normalized spacial score (nSPS) is 23.2. The number of hydrogen-bond acceptors (Lipinski definition) is 5. The predicted octanol–water partition coefficient (Wildman–Crippen LogP) is 0.899. The van der Waals surface area contributed by atoms with Gasteiger partial charge in [0.05, 0.1) is 6.10 Å².